The molecule has 0 aliphatic rings. The van der Waals surface area contributed by atoms with Crippen molar-refractivity contribution in [1.29, 1.82) is 0 Å². The number of hydrogen-bond acceptors (Lipinski definition) is 2. The number of Topliss-reactive ketones (excluding diaryl/α,β-unsaturated/α-hetero) is 1. The summed E-state index contributed by atoms with van der Waals surface area (Å²) in [6.07, 6.45) is 0.360. The fourth-order valence-electron chi connectivity index (χ4n) is 1.73. The summed E-state index contributed by atoms with van der Waals surface area (Å²) in [5.41, 5.74) is 2.52. The summed E-state index contributed by atoms with van der Waals surface area (Å²) < 4.78 is 1.74. The summed E-state index contributed by atoms with van der Waals surface area (Å²) in [6.45, 7) is 1.91. The molecule has 0 amide bonds. The Balaban J connectivity index is 2.17. The van der Waals surface area contributed by atoms with Gasteiger partial charge in [-0.3, -0.25) is 9.48 Å². The van der Waals surface area contributed by atoms with E-state index in [0.29, 0.717) is 17.0 Å². The Kier molecular flexibility index (Phi) is 3.29. The normalized spacial score (nSPS) is 10.5. The Labute approximate surface area is 105 Å². The highest BCUT2D eigenvalue weighted by atomic mass is 35.5. The number of rotatable bonds is 3. The summed E-state index contributed by atoms with van der Waals surface area (Å²) in [7, 11) is 1.84. The number of carbonyl (C=O) groups is 1. The van der Waals surface area contributed by atoms with Crippen LogP contribution >= 0.6 is 11.6 Å². The van der Waals surface area contributed by atoms with Crippen molar-refractivity contribution >= 4 is 17.4 Å². The van der Waals surface area contributed by atoms with Crippen molar-refractivity contribution in [2.24, 2.45) is 7.05 Å². The van der Waals surface area contributed by atoms with E-state index in [9.17, 15) is 4.79 Å². The molecule has 2 rings (SSSR count). The largest absolute Gasteiger partial charge is 0.294 e. The molecule has 3 nitrogen and oxygen atoms in total. The molecule has 88 valence electrons. The molecule has 0 spiro atoms. The SMILES string of the molecule is Cc1cc(CC(=O)c2ccc(Cl)cc2)n(C)n1. The second kappa shape index (κ2) is 4.72. The number of ketones is 1. The molecule has 0 bridgehead atoms. The molecule has 0 saturated carbocycles. The predicted molar refractivity (Wildman–Crippen MR) is 67.4 cm³/mol. The fourth-order valence-corrected chi connectivity index (χ4v) is 1.86. The minimum Gasteiger partial charge on any atom is -0.294 e. The fraction of sp³-hybridized carbons (Fsp3) is 0.231. The Morgan fingerprint density at radius 1 is 1.35 bits per heavy atom. The maximum Gasteiger partial charge on any atom is 0.168 e. The first-order valence-corrected chi connectivity index (χ1v) is 5.72. The van der Waals surface area contributed by atoms with Crippen LogP contribution in [0, 0.1) is 6.92 Å². The maximum atomic E-state index is 12.0. The van der Waals surface area contributed by atoms with Crippen LogP contribution < -0.4 is 0 Å². The van der Waals surface area contributed by atoms with Gasteiger partial charge in [-0.1, -0.05) is 11.6 Å². The highest BCUT2D eigenvalue weighted by Crippen LogP contribution is 2.12. The van der Waals surface area contributed by atoms with Crippen LogP contribution in [0.5, 0.6) is 0 Å². The monoisotopic (exact) mass is 248 g/mol. The zero-order valence-corrected chi connectivity index (χ0v) is 10.5. The molecule has 17 heavy (non-hydrogen) atoms. The lowest BCUT2D eigenvalue weighted by molar-refractivity contribution is 0.0991. The summed E-state index contributed by atoms with van der Waals surface area (Å²) in [4.78, 5) is 12.0. The average molecular weight is 249 g/mol. The average Bonchev–Trinajstić information content (AvgIpc) is 2.58. The molecular formula is C13H13ClN2O. The summed E-state index contributed by atoms with van der Waals surface area (Å²) in [6, 6.07) is 8.86. The maximum absolute atomic E-state index is 12.0. The van der Waals surface area contributed by atoms with E-state index in [1.165, 1.54) is 0 Å². The minimum atomic E-state index is 0.0738. The lowest BCUT2D eigenvalue weighted by Crippen LogP contribution is -2.07. The highest BCUT2D eigenvalue weighted by molar-refractivity contribution is 6.30. The van der Waals surface area contributed by atoms with Gasteiger partial charge in [0, 0.05) is 23.3 Å². The third kappa shape index (κ3) is 2.74. The Morgan fingerprint density at radius 2 is 2.00 bits per heavy atom. The van der Waals surface area contributed by atoms with Crippen molar-refractivity contribution in [2.75, 3.05) is 0 Å². The molecule has 1 aromatic carbocycles. The smallest absolute Gasteiger partial charge is 0.168 e. The van der Waals surface area contributed by atoms with Crippen molar-refractivity contribution in [3.63, 3.8) is 0 Å². The van der Waals surface area contributed by atoms with Gasteiger partial charge in [0.2, 0.25) is 0 Å². The Morgan fingerprint density at radius 3 is 2.53 bits per heavy atom. The van der Waals surface area contributed by atoms with Crippen LogP contribution in [0.4, 0.5) is 0 Å². The first-order valence-electron chi connectivity index (χ1n) is 5.34. The van der Waals surface area contributed by atoms with Crippen molar-refractivity contribution < 1.29 is 4.79 Å². The van der Waals surface area contributed by atoms with Gasteiger partial charge in [-0.2, -0.15) is 5.10 Å². The molecular weight excluding hydrogens is 236 g/mol. The summed E-state index contributed by atoms with van der Waals surface area (Å²) >= 11 is 5.78. The zero-order valence-electron chi connectivity index (χ0n) is 9.77. The van der Waals surface area contributed by atoms with Gasteiger partial charge < -0.3 is 0 Å². The van der Waals surface area contributed by atoms with Gasteiger partial charge in [0.1, 0.15) is 0 Å². The van der Waals surface area contributed by atoms with Crippen molar-refractivity contribution in [2.45, 2.75) is 13.3 Å². The molecule has 2 aromatic rings. The third-order valence-electron chi connectivity index (χ3n) is 2.61. The number of benzene rings is 1. The Hall–Kier alpha value is -1.61. The van der Waals surface area contributed by atoms with Gasteiger partial charge in [0.15, 0.2) is 5.78 Å². The van der Waals surface area contributed by atoms with Gasteiger partial charge in [0.05, 0.1) is 12.1 Å². The molecule has 0 aliphatic heterocycles. The van der Waals surface area contributed by atoms with E-state index in [1.54, 1.807) is 28.9 Å². The van der Waals surface area contributed by atoms with E-state index < -0.39 is 0 Å². The van der Waals surface area contributed by atoms with Crippen LogP contribution in [0.2, 0.25) is 5.02 Å². The van der Waals surface area contributed by atoms with Crippen LogP contribution in [0.3, 0.4) is 0 Å². The lowest BCUT2D eigenvalue weighted by atomic mass is 10.1. The Bertz CT molecular complexity index is 543. The first kappa shape index (κ1) is 11.9. The quantitative estimate of drug-likeness (QED) is 0.783. The van der Waals surface area contributed by atoms with Crippen molar-refractivity contribution in [1.82, 2.24) is 9.78 Å². The molecule has 0 N–H and O–H groups in total. The molecule has 0 saturated heterocycles. The van der Waals surface area contributed by atoms with Crippen LogP contribution in [-0.4, -0.2) is 15.6 Å². The molecule has 1 aromatic heterocycles. The molecule has 4 heteroatoms. The molecule has 0 fully saturated rings. The number of halogens is 1. The van der Waals surface area contributed by atoms with E-state index in [2.05, 4.69) is 5.10 Å². The van der Waals surface area contributed by atoms with Crippen molar-refractivity contribution in [3.05, 3.63) is 52.3 Å². The third-order valence-corrected chi connectivity index (χ3v) is 2.86. The van der Waals surface area contributed by atoms with E-state index in [1.807, 2.05) is 20.0 Å². The second-order valence-electron chi connectivity index (χ2n) is 4.01. The number of nitrogens with zero attached hydrogens (tertiary/aromatic N) is 2. The van der Waals surface area contributed by atoms with Gasteiger partial charge >= 0.3 is 0 Å². The summed E-state index contributed by atoms with van der Waals surface area (Å²) in [5.74, 6) is 0.0738. The van der Waals surface area contributed by atoms with E-state index >= 15 is 0 Å². The van der Waals surface area contributed by atoms with Gasteiger partial charge in [-0.05, 0) is 37.3 Å². The van der Waals surface area contributed by atoms with E-state index in [4.69, 9.17) is 11.6 Å². The predicted octanol–water partition coefficient (Wildman–Crippen LogP) is 2.81. The van der Waals surface area contributed by atoms with Gasteiger partial charge in [-0.25, -0.2) is 0 Å². The topological polar surface area (TPSA) is 34.9 Å². The second-order valence-corrected chi connectivity index (χ2v) is 4.44. The van der Waals surface area contributed by atoms with Crippen molar-refractivity contribution in [3.8, 4) is 0 Å². The standard InChI is InChI=1S/C13H13ClN2O/c1-9-7-12(16(2)15-9)8-13(17)10-3-5-11(14)6-4-10/h3-7H,8H2,1-2H3. The lowest BCUT2D eigenvalue weighted by Gasteiger charge is -2.02. The van der Waals surface area contributed by atoms with E-state index in [-0.39, 0.29) is 5.78 Å². The molecule has 0 unspecified atom stereocenters. The van der Waals surface area contributed by atoms with Crippen LogP contribution in [0.15, 0.2) is 30.3 Å². The van der Waals surface area contributed by atoms with Crippen LogP contribution in [0.25, 0.3) is 0 Å². The minimum absolute atomic E-state index is 0.0738. The first-order chi connectivity index (χ1) is 8.06. The number of aromatic nitrogens is 2. The molecule has 0 radical (unpaired) electrons. The number of hydrogen-bond donors (Lipinski definition) is 0. The van der Waals surface area contributed by atoms with E-state index in [0.717, 1.165) is 11.4 Å². The number of carbonyl (C=O) groups excluding carboxylic acids is 1. The molecule has 0 atom stereocenters. The molecule has 0 aliphatic carbocycles. The van der Waals surface area contributed by atoms with Crippen LogP contribution in [0.1, 0.15) is 21.7 Å². The zero-order chi connectivity index (χ0) is 12.4. The highest BCUT2D eigenvalue weighted by Gasteiger charge is 2.10. The molecule has 1 heterocycles. The van der Waals surface area contributed by atoms with Crippen LogP contribution in [-0.2, 0) is 13.5 Å². The van der Waals surface area contributed by atoms with Gasteiger partial charge in [-0.15, -0.1) is 0 Å². The van der Waals surface area contributed by atoms with Gasteiger partial charge in [0.25, 0.3) is 0 Å². The number of aryl methyl sites for hydroxylation is 2. The summed E-state index contributed by atoms with van der Waals surface area (Å²) in [5, 5.41) is 4.85.